The van der Waals surface area contributed by atoms with Gasteiger partial charge in [-0.1, -0.05) is 18.6 Å². The zero-order valence-corrected chi connectivity index (χ0v) is 14.2. The maximum atomic E-state index is 12.3. The minimum atomic E-state index is -0.664. The zero-order valence-electron chi connectivity index (χ0n) is 14.2. The van der Waals surface area contributed by atoms with Gasteiger partial charge in [-0.3, -0.25) is 9.59 Å². The van der Waals surface area contributed by atoms with Gasteiger partial charge in [-0.15, -0.1) is 0 Å². The van der Waals surface area contributed by atoms with Crippen molar-refractivity contribution in [3.63, 3.8) is 0 Å². The van der Waals surface area contributed by atoms with Gasteiger partial charge in [0.05, 0.1) is 11.7 Å². The molecule has 1 saturated carbocycles. The van der Waals surface area contributed by atoms with E-state index in [4.69, 9.17) is 22.9 Å². The number of carbonyl (C=O) groups excluding carboxylic acids is 2. The topological polar surface area (TPSA) is 163 Å². The first-order chi connectivity index (χ1) is 11.8. The average molecular weight is 346 g/mol. The molecule has 0 saturated heterocycles. The molecule has 1 aliphatic carbocycles. The normalized spacial score (nSPS) is 21.2. The van der Waals surface area contributed by atoms with Crippen molar-refractivity contribution < 1.29 is 9.59 Å². The number of benzene rings is 1. The van der Waals surface area contributed by atoms with E-state index >= 15 is 0 Å². The Kier molecular flexibility index (Phi) is 6.35. The molecule has 1 aromatic rings. The first kappa shape index (κ1) is 18.7. The van der Waals surface area contributed by atoms with E-state index in [2.05, 4.69) is 10.3 Å². The highest BCUT2D eigenvalue weighted by Gasteiger charge is 2.27. The predicted molar refractivity (Wildman–Crippen MR) is 96.7 cm³/mol. The minimum absolute atomic E-state index is 0.00873. The van der Waals surface area contributed by atoms with Crippen LogP contribution in [0.15, 0.2) is 29.3 Å². The summed E-state index contributed by atoms with van der Waals surface area (Å²) in [5.41, 5.74) is 23.6. The molecule has 1 fully saturated rings. The van der Waals surface area contributed by atoms with Crippen LogP contribution in [0.5, 0.6) is 0 Å². The molecule has 0 aliphatic heterocycles. The monoisotopic (exact) mass is 346 g/mol. The summed E-state index contributed by atoms with van der Waals surface area (Å²) in [5, 5.41) is 2.93. The van der Waals surface area contributed by atoms with E-state index in [1.807, 2.05) is 12.1 Å². The Labute approximate surface area is 147 Å². The Morgan fingerprint density at radius 1 is 1.16 bits per heavy atom. The van der Waals surface area contributed by atoms with E-state index in [1.54, 1.807) is 12.1 Å². The number of guanidine groups is 1. The Balaban J connectivity index is 1.87. The summed E-state index contributed by atoms with van der Waals surface area (Å²) in [6.07, 6.45) is 3.49. The molecule has 8 nitrogen and oxygen atoms in total. The van der Waals surface area contributed by atoms with Crippen molar-refractivity contribution in [1.29, 1.82) is 0 Å². The van der Waals surface area contributed by atoms with E-state index in [-0.39, 0.29) is 29.7 Å². The molecule has 0 spiro atoms. The molecule has 0 aromatic heterocycles. The molecular formula is C17H26N6O2. The molecule has 0 radical (unpaired) electrons. The smallest absolute Gasteiger partial charge is 0.237 e. The third-order valence-corrected chi connectivity index (χ3v) is 4.41. The number of nitrogens with two attached hydrogens (primary N) is 4. The highest BCUT2D eigenvalue weighted by Crippen LogP contribution is 2.24. The molecular weight excluding hydrogens is 320 g/mol. The van der Waals surface area contributed by atoms with Crippen molar-refractivity contribution in [2.45, 2.75) is 44.2 Å². The minimum Gasteiger partial charge on any atom is -0.370 e. The summed E-state index contributed by atoms with van der Waals surface area (Å²) >= 11 is 0. The fourth-order valence-electron chi connectivity index (χ4n) is 3.09. The molecule has 2 amide bonds. The predicted octanol–water partition coefficient (Wildman–Crippen LogP) is -0.378. The Hall–Kier alpha value is -2.61. The first-order valence-corrected chi connectivity index (χ1v) is 8.39. The molecule has 0 heterocycles. The van der Waals surface area contributed by atoms with Crippen molar-refractivity contribution >= 4 is 23.5 Å². The van der Waals surface area contributed by atoms with Crippen LogP contribution in [-0.4, -0.2) is 29.9 Å². The Morgan fingerprint density at radius 3 is 2.44 bits per heavy atom. The summed E-state index contributed by atoms with van der Waals surface area (Å²) in [6, 6.07) is 6.48. The standard InChI is InChI=1S/C17H26N6O2/c18-14(8-10-4-6-12(7-5-10)23-17(20)21)16(25)22-13-3-1-2-11(9-13)15(19)24/h4-7,11,13-14H,1-3,8-9,18H2,(H2,19,24)(H,22,25)(H4,20,21,23)/t11-,13+,14-/m0/s1. The number of nitrogens with one attached hydrogen (secondary N) is 1. The van der Waals surface area contributed by atoms with E-state index in [1.165, 1.54) is 0 Å². The lowest BCUT2D eigenvalue weighted by Crippen LogP contribution is -2.48. The number of primary amides is 1. The van der Waals surface area contributed by atoms with Gasteiger partial charge in [-0.05, 0) is 43.4 Å². The fourth-order valence-corrected chi connectivity index (χ4v) is 3.09. The van der Waals surface area contributed by atoms with Crippen molar-refractivity contribution in [1.82, 2.24) is 5.32 Å². The lowest BCUT2D eigenvalue weighted by Gasteiger charge is -2.28. The molecule has 2 rings (SSSR count). The first-order valence-electron chi connectivity index (χ1n) is 8.39. The van der Waals surface area contributed by atoms with E-state index in [9.17, 15) is 9.59 Å². The molecule has 0 bridgehead atoms. The van der Waals surface area contributed by atoms with Gasteiger partial charge in [0.15, 0.2) is 5.96 Å². The van der Waals surface area contributed by atoms with Crippen LogP contribution in [0.1, 0.15) is 31.2 Å². The number of nitrogens with zero attached hydrogens (tertiary/aromatic N) is 1. The van der Waals surface area contributed by atoms with Gasteiger partial charge in [0.1, 0.15) is 0 Å². The Bertz CT molecular complexity index is 639. The fraction of sp³-hybridized carbons (Fsp3) is 0.471. The number of aliphatic imine (C=N–C) groups is 1. The second-order valence-electron chi connectivity index (χ2n) is 6.49. The maximum absolute atomic E-state index is 12.3. The molecule has 136 valence electrons. The summed E-state index contributed by atoms with van der Waals surface area (Å²) < 4.78 is 0. The van der Waals surface area contributed by atoms with Crippen LogP contribution >= 0.6 is 0 Å². The zero-order chi connectivity index (χ0) is 18.4. The van der Waals surface area contributed by atoms with Crippen molar-refractivity contribution in [2.75, 3.05) is 0 Å². The molecule has 0 unspecified atom stereocenters. The molecule has 3 atom stereocenters. The van der Waals surface area contributed by atoms with Crippen molar-refractivity contribution in [2.24, 2.45) is 33.8 Å². The molecule has 9 N–H and O–H groups in total. The van der Waals surface area contributed by atoms with Gasteiger partial charge in [0.2, 0.25) is 11.8 Å². The van der Waals surface area contributed by atoms with E-state index in [0.717, 1.165) is 24.8 Å². The lowest BCUT2D eigenvalue weighted by molar-refractivity contribution is -0.126. The van der Waals surface area contributed by atoms with Gasteiger partial charge in [0.25, 0.3) is 0 Å². The summed E-state index contributed by atoms with van der Waals surface area (Å²) in [4.78, 5) is 27.5. The summed E-state index contributed by atoms with van der Waals surface area (Å²) in [6.45, 7) is 0. The summed E-state index contributed by atoms with van der Waals surface area (Å²) in [7, 11) is 0. The van der Waals surface area contributed by atoms with Crippen LogP contribution in [-0.2, 0) is 16.0 Å². The molecule has 1 aromatic carbocycles. The largest absolute Gasteiger partial charge is 0.370 e. The van der Waals surface area contributed by atoms with Gasteiger partial charge >= 0.3 is 0 Å². The maximum Gasteiger partial charge on any atom is 0.237 e. The van der Waals surface area contributed by atoms with E-state index < -0.39 is 6.04 Å². The quantitative estimate of drug-likeness (QED) is 0.350. The van der Waals surface area contributed by atoms with Crippen LogP contribution in [0.25, 0.3) is 0 Å². The molecule has 25 heavy (non-hydrogen) atoms. The van der Waals surface area contributed by atoms with Gasteiger partial charge in [-0.2, -0.15) is 0 Å². The number of rotatable bonds is 6. The highest BCUT2D eigenvalue weighted by atomic mass is 16.2. The van der Waals surface area contributed by atoms with Crippen LogP contribution in [0.3, 0.4) is 0 Å². The SMILES string of the molecule is NC(=O)[C@H]1CCC[C@@H](NC(=O)[C@@H](N)Cc2ccc(N=C(N)N)cc2)C1. The summed E-state index contributed by atoms with van der Waals surface area (Å²) in [5.74, 6) is -0.698. The third-order valence-electron chi connectivity index (χ3n) is 4.41. The Morgan fingerprint density at radius 2 is 1.84 bits per heavy atom. The van der Waals surface area contributed by atoms with Crippen LogP contribution in [0.4, 0.5) is 5.69 Å². The molecule has 8 heteroatoms. The highest BCUT2D eigenvalue weighted by molar-refractivity contribution is 5.82. The van der Waals surface area contributed by atoms with E-state index in [0.29, 0.717) is 18.5 Å². The average Bonchev–Trinajstić information content (AvgIpc) is 2.56. The van der Waals surface area contributed by atoms with Crippen LogP contribution < -0.4 is 28.3 Å². The van der Waals surface area contributed by atoms with Crippen molar-refractivity contribution in [3.8, 4) is 0 Å². The van der Waals surface area contributed by atoms with Gasteiger partial charge in [-0.25, -0.2) is 4.99 Å². The number of amides is 2. The number of hydrogen-bond acceptors (Lipinski definition) is 4. The van der Waals surface area contributed by atoms with Crippen LogP contribution in [0, 0.1) is 5.92 Å². The van der Waals surface area contributed by atoms with Gasteiger partial charge in [0, 0.05) is 12.0 Å². The number of hydrogen-bond donors (Lipinski definition) is 5. The number of carbonyl (C=O) groups is 2. The van der Waals surface area contributed by atoms with Crippen LogP contribution in [0.2, 0.25) is 0 Å². The second kappa shape index (κ2) is 8.48. The van der Waals surface area contributed by atoms with Crippen molar-refractivity contribution in [3.05, 3.63) is 29.8 Å². The van der Waals surface area contributed by atoms with Gasteiger partial charge < -0.3 is 28.3 Å². The molecule has 1 aliphatic rings. The third kappa shape index (κ3) is 5.75. The second-order valence-corrected chi connectivity index (χ2v) is 6.49. The lowest BCUT2D eigenvalue weighted by atomic mass is 9.85.